The first-order chi connectivity index (χ1) is 40.6. The lowest BCUT2D eigenvalue weighted by molar-refractivity contribution is -0.142. The lowest BCUT2D eigenvalue weighted by atomic mass is 10.0. The van der Waals surface area contributed by atoms with Crippen molar-refractivity contribution < 1.29 is 68.7 Å². The molecule has 0 saturated carbocycles. The fourth-order valence-corrected chi connectivity index (χ4v) is 8.81. The van der Waals surface area contributed by atoms with E-state index in [9.17, 15) is 68.7 Å². The molecule has 33 heteroatoms. The lowest BCUT2D eigenvalue weighted by Gasteiger charge is -2.27. The van der Waals surface area contributed by atoms with E-state index in [1.807, 2.05) is 0 Å². The number of phenolic OH excluding ortho intramolecular Hbond substituents is 1. The van der Waals surface area contributed by atoms with Crippen LogP contribution in [0.4, 0.5) is 0 Å². The normalized spacial score (nSPS) is 14.2. The second kappa shape index (κ2) is 35.2. The minimum absolute atomic E-state index is 0.0187. The third kappa shape index (κ3) is 22.9. The number of amides is 8. The number of benzene rings is 2. The smallest absolute Gasteiger partial charge is 0.326 e. The summed E-state index contributed by atoms with van der Waals surface area (Å²) in [5, 5.41) is 70.1. The molecule has 2 aromatic heterocycles. The molecule has 0 saturated heterocycles. The van der Waals surface area contributed by atoms with Crippen LogP contribution in [0.3, 0.4) is 0 Å². The maximum absolute atomic E-state index is 14.6. The largest absolute Gasteiger partial charge is 0.508 e. The molecule has 0 spiro atoms. The maximum atomic E-state index is 14.6. The molecule has 0 radical (unpaired) electrons. The topological polar surface area (TPSA) is 550 Å². The predicted octanol–water partition coefficient (Wildman–Crippen LogP) is -6.25. The number of carbonyl (C=O) groups is 9. The zero-order chi connectivity index (χ0) is 62.6. The van der Waals surface area contributed by atoms with Crippen LogP contribution < -0.4 is 71.2 Å². The van der Waals surface area contributed by atoms with Crippen molar-refractivity contribution in [3.63, 3.8) is 0 Å². The number of nitrogens with one attached hydrogen (secondary N) is 10. The fraction of sp³-hybridized carbons (Fsp3) is 0.462. The molecule has 0 fully saturated rings. The number of aliphatic carboxylic acids is 1. The van der Waals surface area contributed by atoms with Gasteiger partial charge in [0, 0.05) is 54.9 Å². The average molecular weight is 1210 g/mol. The van der Waals surface area contributed by atoms with Crippen molar-refractivity contribution in [3.05, 3.63) is 84.1 Å². The van der Waals surface area contributed by atoms with Gasteiger partial charge in [-0.3, -0.25) is 48.3 Å². The van der Waals surface area contributed by atoms with Gasteiger partial charge < -0.3 is 107 Å². The van der Waals surface area contributed by atoms with Crippen molar-refractivity contribution in [2.75, 3.05) is 44.9 Å². The second-order valence-corrected chi connectivity index (χ2v) is 20.4. The van der Waals surface area contributed by atoms with Crippen molar-refractivity contribution in [1.82, 2.24) is 57.5 Å². The Morgan fingerprint density at radius 2 is 1.01 bits per heavy atom. The number of carboxylic acid groups (broad SMARTS) is 1. The molecule has 25 N–H and O–H groups in total. The first-order valence-electron chi connectivity index (χ1n) is 26.7. The van der Waals surface area contributed by atoms with Crippen molar-refractivity contribution in [2.24, 2.45) is 38.7 Å². The van der Waals surface area contributed by atoms with Gasteiger partial charge in [-0.2, -0.15) is 11.8 Å². The molecule has 32 nitrogen and oxygen atoms in total. The van der Waals surface area contributed by atoms with Crippen molar-refractivity contribution >= 4 is 87.8 Å². The number of aliphatic hydroxyl groups excluding tert-OH is 3. The van der Waals surface area contributed by atoms with Gasteiger partial charge in [-0.05, 0) is 79.9 Å². The number of nitrogens with two attached hydrogens (primary N) is 5. The summed E-state index contributed by atoms with van der Waals surface area (Å²) in [5.74, 6) is -9.68. The number of para-hydroxylation sites is 1. The number of imidazole rings is 1. The molecule has 2 aromatic carbocycles. The molecule has 0 aliphatic heterocycles. The van der Waals surface area contributed by atoms with Gasteiger partial charge in [-0.15, -0.1) is 0 Å². The molecule has 0 unspecified atom stereocenters. The van der Waals surface area contributed by atoms with Crippen LogP contribution in [0, 0.1) is 0 Å². The summed E-state index contributed by atoms with van der Waals surface area (Å²) in [4.78, 5) is 141. The second-order valence-electron chi connectivity index (χ2n) is 19.4. The Hall–Kier alpha value is -9.05. The zero-order valence-corrected chi connectivity index (χ0v) is 47.3. The number of aliphatic imine (C=N–C) groups is 2. The molecular weight excluding hydrogens is 1130 g/mol. The van der Waals surface area contributed by atoms with Crippen LogP contribution in [-0.2, 0) is 62.4 Å². The minimum atomic E-state index is -1.82. The Balaban J connectivity index is 1.56. The van der Waals surface area contributed by atoms with E-state index < -0.39 is 127 Å². The molecule has 4 aromatic rings. The number of hydrogen-bond acceptors (Lipinski definition) is 18. The highest BCUT2D eigenvalue weighted by Crippen LogP contribution is 2.20. The number of rotatable bonds is 37. The molecular formula is C52H76N18O14S. The van der Waals surface area contributed by atoms with Gasteiger partial charge in [0.2, 0.25) is 47.3 Å². The summed E-state index contributed by atoms with van der Waals surface area (Å²) in [5.41, 5.74) is 30.3. The van der Waals surface area contributed by atoms with Crippen molar-refractivity contribution in [2.45, 2.75) is 106 Å². The van der Waals surface area contributed by atoms with Crippen LogP contribution in [0.2, 0.25) is 0 Å². The van der Waals surface area contributed by atoms with Gasteiger partial charge in [0.05, 0.1) is 32.2 Å². The third-order valence-electron chi connectivity index (χ3n) is 12.9. The van der Waals surface area contributed by atoms with E-state index in [1.165, 1.54) is 48.6 Å². The number of hydrogen-bond donors (Lipinski definition) is 20. The number of H-pyrrole nitrogens is 2. The van der Waals surface area contributed by atoms with E-state index in [4.69, 9.17) is 28.7 Å². The summed E-state index contributed by atoms with van der Waals surface area (Å²) in [7, 11) is 0. The van der Waals surface area contributed by atoms with Crippen molar-refractivity contribution in [3.8, 4) is 5.75 Å². The summed E-state index contributed by atoms with van der Waals surface area (Å²) in [6.45, 7) is -3.13. The number of carbonyl (C=O) groups excluding carboxylic acids is 8. The number of nitrogens with zero attached hydrogens (tertiary/aromatic N) is 3. The Bertz CT molecular complexity index is 2920. The highest BCUT2D eigenvalue weighted by atomic mass is 32.2. The van der Waals surface area contributed by atoms with E-state index >= 15 is 0 Å². The molecule has 2 heterocycles. The first kappa shape index (κ1) is 68.4. The molecule has 85 heavy (non-hydrogen) atoms. The number of aromatic hydroxyl groups is 1. The quantitative estimate of drug-likeness (QED) is 0.0113. The van der Waals surface area contributed by atoms with E-state index in [2.05, 4.69) is 67.5 Å². The Labute approximate surface area is 491 Å². The minimum Gasteiger partial charge on any atom is -0.508 e. The number of guanidine groups is 2. The molecule has 9 atom stereocenters. The van der Waals surface area contributed by atoms with Crippen LogP contribution in [0.15, 0.2) is 77.2 Å². The van der Waals surface area contributed by atoms with E-state index in [1.54, 1.807) is 36.7 Å². The summed E-state index contributed by atoms with van der Waals surface area (Å²) < 4.78 is 0. The SMILES string of the molecule is CSCC[C@H](NC(=O)[C@H](CO)NC(=O)[C@H](CO)NC(=O)[C@H](CO)NC(=O)[C@@H](N)Cc1ccc(O)cc1)C(=O)N[C@@H](CCCN=C(N)N)C(=O)N[C@@H](Cc1c[nH]c2ccccc12)C(=O)N[C@@H](CCCN=C(N)N)C(=O)N[C@@H](Cc1cnc[nH]1)C(=O)O. The number of aliphatic hydroxyl groups is 3. The molecule has 0 aliphatic rings. The molecule has 0 bridgehead atoms. The first-order valence-corrected chi connectivity index (χ1v) is 28.1. The van der Waals surface area contributed by atoms with E-state index in [0.29, 0.717) is 27.7 Å². The van der Waals surface area contributed by atoms with Gasteiger partial charge in [0.15, 0.2) is 11.9 Å². The Kier molecular flexibility index (Phi) is 28.3. The summed E-state index contributed by atoms with van der Waals surface area (Å²) in [6.07, 6.45) is 5.45. The number of aromatic amines is 2. The highest BCUT2D eigenvalue weighted by molar-refractivity contribution is 7.98. The molecule has 464 valence electrons. The van der Waals surface area contributed by atoms with Crippen LogP contribution >= 0.6 is 11.8 Å². The van der Waals surface area contributed by atoms with Gasteiger partial charge in [-0.1, -0.05) is 30.3 Å². The van der Waals surface area contributed by atoms with Gasteiger partial charge >= 0.3 is 5.97 Å². The number of carboxylic acids is 1. The van der Waals surface area contributed by atoms with E-state index in [0.717, 1.165) is 0 Å². The number of fused-ring (bicyclic) bond motifs is 1. The molecule has 4 rings (SSSR count). The lowest BCUT2D eigenvalue weighted by Crippen LogP contribution is -2.61. The van der Waals surface area contributed by atoms with Crippen LogP contribution in [0.5, 0.6) is 5.75 Å². The van der Waals surface area contributed by atoms with Gasteiger partial charge in [0.25, 0.3) is 0 Å². The maximum Gasteiger partial charge on any atom is 0.326 e. The zero-order valence-electron chi connectivity index (χ0n) is 46.5. The van der Waals surface area contributed by atoms with Gasteiger partial charge in [-0.25, -0.2) is 9.78 Å². The number of aromatic nitrogens is 3. The third-order valence-corrected chi connectivity index (χ3v) is 13.5. The van der Waals surface area contributed by atoms with Gasteiger partial charge in [0.1, 0.15) is 54.1 Å². The van der Waals surface area contributed by atoms with Crippen molar-refractivity contribution in [1.29, 1.82) is 0 Å². The predicted molar refractivity (Wildman–Crippen MR) is 311 cm³/mol. The fourth-order valence-electron chi connectivity index (χ4n) is 8.34. The highest BCUT2D eigenvalue weighted by Gasteiger charge is 2.35. The molecule has 0 aliphatic carbocycles. The van der Waals surface area contributed by atoms with Crippen LogP contribution in [0.25, 0.3) is 10.9 Å². The summed E-state index contributed by atoms with van der Waals surface area (Å²) >= 11 is 1.28. The van der Waals surface area contributed by atoms with Crippen LogP contribution in [0.1, 0.15) is 48.9 Å². The van der Waals surface area contributed by atoms with E-state index in [-0.39, 0.29) is 87.9 Å². The Morgan fingerprint density at radius 3 is 1.48 bits per heavy atom. The average Bonchev–Trinajstić information content (AvgIpc) is 3.81. The molecule has 8 amide bonds. The summed E-state index contributed by atoms with van der Waals surface area (Å²) in [6, 6.07) is -0.978. The monoisotopic (exact) mass is 1210 g/mol. The standard InChI is InChI=1S/C52H76N18O14S/c1-85-17-14-36(65-47(80)40(24-72)69-49(82)41(25-73)70-48(81)39(23-71)68-42(75)32(53)18-27-10-12-30(74)13-11-27)45(78)63-34(8-4-15-59-51(54)55)43(76)66-37(19-28-21-61-33-7-3-2-6-31(28)33)46(79)64-35(9-5-16-60-52(56)57)44(77)67-38(50(83)84)20-29-22-58-26-62-29/h2-3,6-7,10-13,21-22,26,32,34-41,61,71-74H,4-5,8-9,14-20,23-25,53H2,1H3,(H,58,62)(H,63,78)(H,64,79)(H,65,80)(H,66,76)(H,67,77)(H,68,75)(H,69,82)(H,70,81)(H,83,84)(H4,54,55,59)(H4,56,57,60)/t32-,34-,35-,36-,37-,38-,39-,40-,41-/m0/s1. The van der Waals surface area contributed by atoms with Crippen LogP contribution in [-0.4, -0.2) is 205 Å². The number of phenols is 1. The number of thioether (sulfide) groups is 1. The Morgan fingerprint density at radius 1 is 0.565 bits per heavy atom.